The maximum atomic E-state index is 13.0. The number of likely N-dealkylation sites (tertiary alicyclic amines) is 1. The molecule has 2 amide bonds. The first-order valence-corrected chi connectivity index (χ1v) is 12.5. The normalized spacial score (nSPS) is 17.1. The number of hydrogen-bond acceptors (Lipinski definition) is 5. The summed E-state index contributed by atoms with van der Waals surface area (Å²) < 4.78 is 4.77. The van der Waals surface area contributed by atoms with E-state index < -0.39 is 11.9 Å². The average molecular weight is 493 g/mol. The van der Waals surface area contributed by atoms with Crippen LogP contribution in [-0.2, 0) is 32.0 Å². The van der Waals surface area contributed by atoms with Crippen LogP contribution in [0, 0.1) is 11.3 Å². The molecule has 0 saturated carbocycles. The van der Waals surface area contributed by atoms with Crippen molar-refractivity contribution in [2.45, 2.75) is 51.0 Å². The molecule has 1 aliphatic heterocycles. The summed E-state index contributed by atoms with van der Waals surface area (Å²) >= 11 is 0. The standard InChI is InChI=1S/C28H36N4O4/c1-36-26(34)18-23-17-24(32(28(23)35)16-6-10-20-7-3-2-4-8-20)19-31-25(33)11-5-9-21-12-14-22(15-13-21)27(29)30/h2-4,7-8,12-15,23-24H,5-6,9-11,16-19H2,1H3,(H3,29,30)(H,31,33)/t23-,24-/m0/s1. The molecule has 1 aliphatic rings. The third-order valence-corrected chi connectivity index (χ3v) is 6.65. The Balaban J connectivity index is 1.48. The van der Waals surface area contributed by atoms with Crippen LogP contribution < -0.4 is 11.1 Å². The van der Waals surface area contributed by atoms with E-state index in [4.69, 9.17) is 15.9 Å². The van der Waals surface area contributed by atoms with E-state index in [0.29, 0.717) is 37.9 Å². The van der Waals surface area contributed by atoms with Crippen molar-refractivity contribution in [3.8, 4) is 0 Å². The van der Waals surface area contributed by atoms with Crippen molar-refractivity contribution in [2.24, 2.45) is 11.7 Å². The van der Waals surface area contributed by atoms with Crippen molar-refractivity contribution < 1.29 is 19.1 Å². The monoisotopic (exact) mass is 492 g/mol. The molecule has 3 rings (SSSR count). The number of methoxy groups -OCH3 is 1. The number of carbonyl (C=O) groups excluding carboxylic acids is 3. The number of aryl methyl sites for hydroxylation is 2. The summed E-state index contributed by atoms with van der Waals surface area (Å²) in [5, 5.41) is 10.4. The van der Waals surface area contributed by atoms with E-state index in [1.54, 1.807) is 0 Å². The fraction of sp³-hybridized carbons (Fsp3) is 0.429. The van der Waals surface area contributed by atoms with Gasteiger partial charge in [0.15, 0.2) is 0 Å². The summed E-state index contributed by atoms with van der Waals surface area (Å²) in [6, 6.07) is 17.5. The van der Waals surface area contributed by atoms with E-state index in [1.165, 1.54) is 12.7 Å². The van der Waals surface area contributed by atoms with Gasteiger partial charge in [0.2, 0.25) is 11.8 Å². The molecule has 2 atom stereocenters. The Hall–Kier alpha value is -3.68. The van der Waals surface area contributed by atoms with Crippen molar-refractivity contribution >= 4 is 23.6 Å². The van der Waals surface area contributed by atoms with Gasteiger partial charge in [0.05, 0.1) is 19.4 Å². The van der Waals surface area contributed by atoms with Gasteiger partial charge < -0.3 is 20.7 Å². The highest BCUT2D eigenvalue weighted by Gasteiger charge is 2.40. The van der Waals surface area contributed by atoms with Gasteiger partial charge in [-0.05, 0) is 43.2 Å². The Kier molecular flexibility index (Phi) is 10.0. The zero-order valence-corrected chi connectivity index (χ0v) is 20.9. The van der Waals surface area contributed by atoms with Crippen molar-refractivity contribution in [1.29, 1.82) is 5.41 Å². The lowest BCUT2D eigenvalue weighted by atomic mass is 10.0. The fourth-order valence-corrected chi connectivity index (χ4v) is 4.63. The molecule has 0 unspecified atom stereocenters. The minimum absolute atomic E-state index is 0.0363. The van der Waals surface area contributed by atoms with Gasteiger partial charge in [0.25, 0.3) is 0 Å². The number of amides is 2. The Morgan fingerprint density at radius 1 is 1.06 bits per heavy atom. The van der Waals surface area contributed by atoms with Gasteiger partial charge >= 0.3 is 5.97 Å². The summed E-state index contributed by atoms with van der Waals surface area (Å²) in [6.07, 6.45) is 4.10. The number of nitrogen functional groups attached to an aromatic ring is 1. The lowest BCUT2D eigenvalue weighted by Gasteiger charge is -2.25. The molecule has 4 N–H and O–H groups in total. The second-order valence-corrected chi connectivity index (χ2v) is 9.26. The second-order valence-electron chi connectivity index (χ2n) is 9.26. The molecule has 2 aromatic rings. The number of ether oxygens (including phenoxy) is 1. The van der Waals surface area contributed by atoms with Crippen LogP contribution in [0.5, 0.6) is 0 Å². The van der Waals surface area contributed by atoms with Crippen LogP contribution in [0.4, 0.5) is 0 Å². The van der Waals surface area contributed by atoms with E-state index in [0.717, 1.165) is 24.8 Å². The summed E-state index contributed by atoms with van der Waals surface area (Å²) in [7, 11) is 1.33. The van der Waals surface area contributed by atoms with Gasteiger partial charge in [-0.15, -0.1) is 0 Å². The van der Waals surface area contributed by atoms with Crippen LogP contribution in [0.3, 0.4) is 0 Å². The highest BCUT2D eigenvalue weighted by molar-refractivity contribution is 5.94. The molecule has 1 fully saturated rings. The highest BCUT2D eigenvalue weighted by Crippen LogP contribution is 2.28. The van der Waals surface area contributed by atoms with Gasteiger partial charge in [-0.2, -0.15) is 0 Å². The Morgan fingerprint density at radius 2 is 1.72 bits per heavy atom. The topological polar surface area (TPSA) is 126 Å². The van der Waals surface area contributed by atoms with Crippen LogP contribution in [0.1, 0.15) is 48.8 Å². The molecule has 0 aromatic heterocycles. The van der Waals surface area contributed by atoms with Crippen LogP contribution >= 0.6 is 0 Å². The van der Waals surface area contributed by atoms with Gasteiger partial charge in [-0.25, -0.2) is 0 Å². The summed E-state index contributed by atoms with van der Waals surface area (Å²) in [6.45, 7) is 0.961. The number of nitrogens with zero attached hydrogens (tertiary/aromatic N) is 1. The molecule has 0 bridgehead atoms. The molecule has 192 valence electrons. The molecule has 2 aromatic carbocycles. The number of nitrogens with two attached hydrogens (primary N) is 1. The number of hydrogen-bond donors (Lipinski definition) is 3. The summed E-state index contributed by atoms with van der Waals surface area (Å²) in [5.41, 5.74) is 8.47. The van der Waals surface area contributed by atoms with E-state index in [2.05, 4.69) is 17.4 Å². The van der Waals surface area contributed by atoms with Crippen molar-refractivity contribution in [3.05, 3.63) is 71.3 Å². The minimum Gasteiger partial charge on any atom is -0.469 e. The Bertz CT molecular complexity index is 1040. The van der Waals surface area contributed by atoms with E-state index in [1.807, 2.05) is 47.4 Å². The van der Waals surface area contributed by atoms with Crippen LogP contribution in [0.25, 0.3) is 0 Å². The zero-order chi connectivity index (χ0) is 25.9. The number of esters is 1. The first-order valence-electron chi connectivity index (χ1n) is 12.5. The minimum atomic E-state index is -0.408. The molecular formula is C28H36N4O4. The van der Waals surface area contributed by atoms with Crippen LogP contribution in [0.2, 0.25) is 0 Å². The zero-order valence-electron chi connectivity index (χ0n) is 20.9. The molecule has 0 aliphatic carbocycles. The molecule has 8 heteroatoms. The molecular weight excluding hydrogens is 456 g/mol. The molecule has 36 heavy (non-hydrogen) atoms. The predicted molar refractivity (Wildman–Crippen MR) is 138 cm³/mol. The van der Waals surface area contributed by atoms with E-state index >= 15 is 0 Å². The largest absolute Gasteiger partial charge is 0.469 e. The molecule has 1 saturated heterocycles. The van der Waals surface area contributed by atoms with Gasteiger partial charge in [-0.1, -0.05) is 54.6 Å². The van der Waals surface area contributed by atoms with E-state index in [-0.39, 0.29) is 30.1 Å². The van der Waals surface area contributed by atoms with Crippen molar-refractivity contribution in [1.82, 2.24) is 10.2 Å². The van der Waals surface area contributed by atoms with Gasteiger partial charge in [-0.3, -0.25) is 19.8 Å². The van der Waals surface area contributed by atoms with Crippen molar-refractivity contribution in [3.63, 3.8) is 0 Å². The number of rotatable bonds is 13. The van der Waals surface area contributed by atoms with Crippen LogP contribution in [0.15, 0.2) is 54.6 Å². The number of benzene rings is 2. The molecule has 1 heterocycles. The third kappa shape index (κ3) is 7.93. The predicted octanol–water partition coefficient (Wildman–Crippen LogP) is 2.82. The summed E-state index contributed by atoms with van der Waals surface area (Å²) in [4.78, 5) is 39.2. The maximum absolute atomic E-state index is 13.0. The molecule has 8 nitrogen and oxygen atoms in total. The Labute approximate surface area is 212 Å². The number of carbonyl (C=O) groups is 3. The molecule has 0 spiro atoms. The first kappa shape index (κ1) is 26.9. The highest BCUT2D eigenvalue weighted by atomic mass is 16.5. The average Bonchev–Trinajstić information content (AvgIpc) is 3.17. The van der Waals surface area contributed by atoms with Gasteiger partial charge in [0, 0.05) is 31.1 Å². The van der Waals surface area contributed by atoms with Gasteiger partial charge in [0.1, 0.15) is 5.84 Å². The van der Waals surface area contributed by atoms with Crippen LogP contribution in [-0.4, -0.2) is 54.8 Å². The Morgan fingerprint density at radius 3 is 2.39 bits per heavy atom. The van der Waals surface area contributed by atoms with E-state index in [9.17, 15) is 14.4 Å². The number of nitrogens with one attached hydrogen (secondary N) is 2. The smallest absolute Gasteiger partial charge is 0.306 e. The second kappa shape index (κ2) is 13.4. The third-order valence-electron chi connectivity index (χ3n) is 6.65. The van der Waals surface area contributed by atoms with Crippen molar-refractivity contribution in [2.75, 3.05) is 20.2 Å². The fourth-order valence-electron chi connectivity index (χ4n) is 4.63. The molecule has 0 radical (unpaired) electrons. The first-order chi connectivity index (χ1) is 17.4. The number of amidine groups is 1. The SMILES string of the molecule is COC(=O)C[C@@H]1C[C@@H](CNC(=O)CCCc2ccc(C(=N)N)cc2)N(CCCc2ccccc2)C1=O. The lowest BCUT2D eigenvalue weighted by molar-refractivity contribution is -0.144. The quantitative estimate of drug-likeness (QED) is 0.225. The summed E-state index contributed by atoms with van der Waals surface area (Å²) in [5.74, 6) is -0.855. The maximum Gasteiger partial charge on any atom is 0.306 e. The lowest BCUT2D eigenvalue weighted by Crippen LogP contribution is -2.42.